The Bertz CT molecular complexity index is 5600. The minimum absolute atomic E-state index is 0.0378. The smallest absolute Gasteiger partial charge is 0.251 e. The first-order chi connectivity index (χ1) is 50.9. The number of carbonyl (C=O) groups excluding carboxylic acids is 1. The number of nitrogen functional groups attached to an aromatic ring is 3. The second-order valence-corrected chi connectivity index (χ2v) is 33.4. The van der Waals surface area contributed by atoms with Crippen molar-refractivity contribution in [1.82, 2.24) is 39.3 Å². The third-order valence-electron chi connectivity index (χ3n) is 17.2. The highest BCUT2D eigenvalue weighted by molar-refractivity contribution is 7.90. The zero-order chi connectivity index (χ0) is 74.7. The lowest BCUT2D eigenvalue weighted by Crippen LogP contribution is -2.34. The van der Waals surface area contributed by atoms with E-state index in [0.717, 1.165) is 30.8 Å². The van der Waals surface area contributed by atoms with Crippen molar-refractivity contribution in [1.29, 1.82) is 16.2 Å². The Morgan fingerprint density at radius 3 is 1.32 bits per heavy atom. The van der Waals surface area contributed by atoms with E-state index in [1.54, 1.807) is 116 Å². The fourth-order valence-electron chi connectivity index (χ4n) is 11.8. The van der Waals surface area contributed by atoms with E-state index in [1.807, 2.05) is 72.6 Å². The molecule has 12 rings (SSSR count). The number of hydrogen-bond donors (Lipinski definition) is 10. The topological polar surface area (TPSA) is 387 Å². The van der Waals surface area contributed by atoms with Gasteiger partial charge < -0.3 is 41.6 Å². The van der Waals surface area contributed by atoms with Crippen LogP contribution in [-0.4, -0.2) is 116 Å². The van der Waals surface area contributed by atoms with Crippen molar-refractivity contribution in [3.05, 3.63) is 266 Å². The molecule has 0 saturated carbocycles. The molecular formula is C76H76N14O10S6. The molecule has 0 radical (unpaired) electrons. The summed E-state index contributed by atoms with van der Waals surface area (Å²) < 4.78 is 114. The predicted molar refractivity (Wildman–Crippen MR) is 417 cm³/mol. The Labute approximate surface area is 625 Å². The fourth-order valence-corrected chi connectivity index (χ4v) is 18.9. The maximum absolute atomic E-state index is 14.6. The first-order valence-electron chi connectivity index (χ1n) is 33.5. The van der Waals surface area contributed by atoms with Crippen LogP contribution in [0.1, 0.15) is 88.9 Å². The lowest BCUT2D eigenvalue weighted by Gasteiger charge is -2.18. The third kappa shape index (κ3) is 19.2. The number of nitrogens with one attached hydrogen (secondary N) is 7. The number of nitrogens with two attached hydrogens (primary N) is 3. The van der Waals surface area contributed by atoms with Crippen molar-refractivity contribution in [2.45, 2.75) is 64.9 Å². The molecule has 24 nitrogen and oxygen atoms in total. The van der Waals surface area contributed by atoms with Crippen molar-refractivity contribution in [2.75, 3.05) is 47.0 Å². The van der Waals surface area contributed by atoms with Crippen molar-refractivity contribution in [2.24, 2.45) is 17.2 Å². The van der Waals surface area contributed by atoms with Gasteiger partial charge in [-0.2, -0.15) is 0 Å². The lowest BCUT2D eigenvalue weighted by atomic mass is 10.0. The summed E-state index contributed by atoms with van der Waals surface area (Å²) in [5, 5.41) is 28.5. The molecule has 0 aliphatic carbocycles. The van der Waals surface area contributed by atoms with Gasteiger partial charge in [-0.05, 0) is 170 Å². The van der Waals surface area contributed by atoms with Crippen molar-refractivity contribution in [3.63, 3.8) is 0 Å². The molecule has 0 bridgehead atoms. The molecule has 3 atom stereocenters. The number of carbonyl (C=O) groups is 1. The normalized spacial score (nSPS) is 12.8. The van der Waals surface area contributed by atoms with Crippen molar-refractivity contribution < 1.29 is 44.3 Å². The molecule has 12 aromatic rings. The van der Waals surface area contributed by atoms with Crippen LogP contribution in [0.25, 0.3) is 30.6 Å². The Balaban J connectivity index is 0.648. The molecule has 9 aromatic carbocycles. The molecular weight excluding hydrogens is 1460 g/mol. The average molecular weight is 1540 g/mol. The number of rotatable bonds is 35. The highest BCUT2D eigenvalue weighted by Gasteiger charge is 2.30. The molecule has 0 spiro atoms. The molecule has 0 aliphatic rings. The Hall–Kier alpha value is -10.4. The van der Waals surface area contributed by atoms with Crippen LogP contribution >= 0.6 is 34.0 Å². The molecule has 0 saturated heterocycles. The van der Waals surface area contributed by atoms with E-state index in [1.165, 1.54) is 70.4 Å². The van der Waals surface area contributed by atoms with Crippen LogP contribution in [0.4, 0.5) is 0 Å². The second kappa shape index (κ2) is 33.4. The summed E-state index contributed by atoms with van der Waals surface area (Å²) in [6.07, 6.45) is 1.60. The minimum Gasteiger partial charge on any atom is -0.497 e. The molecule has 546 valence electrons. The van der Waals surface area contributed by atoms with E-state index >= 15 is 0 Å². The summed E-state index contributed by atoms with van der Waals surface area (Å²) in [6.45, 7) is 1.94. The summed E-state index contributed by atoms with van der Waals surface area (Å²) in [7, 11) is -8.90. The van der Waals surface area contributed by atoms with Gasteiger partial charge in [-0.25, -0.2) is 54.4 Å². The average Bonchev–Trinajstić information content (AvgIpc) is 1.58. The van der Waals surface area contributed by atoms with Gasteiger partial charge in [0.05, 0.1) is 83.8 Å². The first-order valence-corrected chi connectivity index (χ1v) is 40.4. The predicted octanol–water partition coefficient (Wildman–Crippen LogP) is 10.9. The number of aromatic nitrogens is 3. The summed E-state index contributed by atoms with van der Waals surface area (Å²) in [4.78, 5) is 30.2. The number of fused-ring (bicyclic) bond motifs is 3. The molecule has 106 heavy (non-hydrogen) atoms. The van der Waals surface area contributed by atoms with Crippen LogP contribution in [-0.2, 0) is 55.8 Å². The van der Waals surface area contributed by atoms with Crippen LogP contribution in [0.3, 0.4) is 0 Å². The zero-order valence-corrected chi connectivity index (χ0v) is 62.4. The Kier molecular flexibility index (Phi) is 23.7. The highest BCUT2D eigenvalue weighted by atomic mass is 32.2. The standard InChI is InChI=1S/C76H76N14O10S6/c1-90(33-31-83-73(91)54-19-10-23-60(43-54)106(96,97)89-66(42-50-15-8-18-53(38-50)72(81)82)75-84-61-27-24-55(98-2)44-67(61)101-75)32-11-34-99-56-25-28-62-68(45-56)102-76(86-62)65(41-49-14-7-17-52(37-49)71(79)80)88-105(94,95)59-22-9-12-47(39-59)30-35-100-57-26-29-63-69(46-57)103-74(85-63)64(40-48-13-6-16-51(36-48)70(77)78)87-104(92,93)58-20-4-3-5-21-58/h3-10,12-29,36-39,43-46,64-66,87-89H,11,30-35,40-42H2,1-2H3,(H3,77,78)(H3,79,80)(H3,81,82)(H,83,91)/t64-,65+,66-/m1/s1. The summed E-state index contributed by atoms with van der Waals surface area (Å²) in [6, 6.07) is 55.7. The number of benzene rings is 9. The first kappa shape index (κ1) is 75.3. The Morgan fingerprint density at radius 2 is 0.849 bits per heavy atom. The van der Waals surface area contributed by atoms with E-state index in [4.69, 9.17) is 62.6 Å². The van der Waals surface area contributed by atoms with E-state index in [0.29, 0.717) is 104 Å². The third-order valence-corrected chi connectivity index (χ3v) is 25.1. The van der Waals surface area contributed by atoms with Crippen LogP contribution in [0.5, 0.6) is 17.2 Å². The maximum atomic E-state index is 14.6. The number of sulfonamides is 3. The number of nitrogens with zero attached hydrogens (tertiary/aromatic N) is 4. The number of ether oxygens (including phenoxy) is 3. The van der Waals surface area contributed by atoms with Gasteiger partial charge in [-0.3, -0.25) is 21.0 Å². The number of methoxy groups -OCH3 is 1. The summed E-state index contributed by atoms with van der Waals surface area (Å²) in [5.41, 5.74) is 24.0. The number of thiazole rings is 3. The van der Waals surface area contributed by atoms with Gasteiger partial charge in [-0.15, -0.1) is 34.0 Å². The van der Waals surface area contributed by atoms with Crippen molar-refractivity contribution in [3.8, 4) is 17.2 Å². The second-order valence-electron chi connectivity index (χ2n) is 25.1. The number of likely N-dealkylation sites (N-methyl/N-ethyl adjacent to an activating group) is 1. The van der Waals surface area contributed by atoms with Gasteiger partial charge in [0.25, 0.3) is 5.91 Å². The number of amides is 1. The van der Waals surface area contributed by atoms with Crippen LogP contribution in [0.15, 0.2) is 221 Å². The molecule has 13 N–H and O–H groups in total. The zero-order valence-electron chi connectivity index (χ0n) is 57.5. The molecule has 0 fully saturated rings. The van der Waals surface area contributed by atoms with E-state index < -0.39 is 54.1 Å². The monoisotopic (exact) mass is 1540 g/mol. The molecule has 3 heterocycles. The van der Waals surface area contributed by atoms with Gasteiger partial charge in [0, 0.05) is 48.3 Å². The number of amidine groups is 3. The van der Waals surface area contributed by atoms with Crippen LogP contribution in [0, 0.1) is 16.2 Å². The molecule has 0 aliphatic heterocycles. The fraction of sp³-hybridized carbons (Fsp3) is 0.197. The van der Waals surface area contributed by atoms with Gasteiger partial charge in [-0.1, -0.05) is 91.0 Å². The highest BCUT2D eigenvalue weighted by Crippen LogP contribution is 2.36. The SMILES string of the molecule is COc1ccc2nc([C@@H](Cc3cccc(C(=N)N)c3)NS(=O)(=O)c3cccc(C(=O)NCCN(C)CCCOc4ccc5nc([C@H](Cc6cccc(C(=N)N)c6)NS(=O)(=O)c6cccc(CCOc7ccc8nc([C@@H](Cc9cccc(C(=N)N)c9)NS(=O)(=O)c9ccccc9)sc8c7)c6)sc5c4)c3)sc2c1. The molecule has 3 aromatic heterocycles. The minimum atomic E-state index is -4.22. The van der Waals surface area contributed by atoms with E-state index in [9.17, 15) is 30.0 Å². The molecule has 0 unspecified atom stereocenters. The van der Waals surface area contributed by atoms with Crippen LogP contribution in [0.2, 0.25) is 0 Å². The van der Waals surface area contributed by atoms with Gasteiger partial charge in [0.1, 0.15) is 49.8 Å². The number of hydrogen-bond acceptors (Lipinski definition) is 20. The molecule has 30 heteroatoms. The largest absolute Gasteiger partial charge is 0.497 e. The molecule has 1 amide bonds. The lowest BCUT2D eigenvalue weighted by molar-refractivity contribution is 0.0949. The maximum Gasteiger partial charge on any atom is 0.251 e. The van der Waals surface area contributed by atoms with E-state index in [2.05, 4.69) is 19.5 Å². The van der Waals surface area contributed by atoms with Gasteiger partial charge in [0.15, 0.2) is 0 Å². The van der Waals surface area contributed by atoms with Crippen molar-refractivity contribution >= 4 is 118 Å². The van der Waals surface area contributed by atoms with E-state index in [-0.39, 0.29) is 70.2 Å². The van der Waals surface area contributed by atoms with Gasteiger partial charge in [0.2, 0.25) is 30.1 Å². The Morgan fingerprint density at radius 1 is 0.453 bits per heavy atom. The summed E-state index contributed by atoms with van der Waals surface area (Å²) in [5.74, 6) is 0.970. The van der Waals surface area contributed by atoms with Gasteiger partial charge >= 0.3 is 0 Å². The van der Waals surface area contributed by atoms with Crippen LogP contribution < -0.4 is 50.9 Å². The summed E-state index contributed by atoms with van der Waals surface area (Å²) >= 11 is 3.99. The quantitative estimate of drug-likeness (QED) is 0.0100.